The Bertz CT molecular complexity index is 573. The average Bonchev–Trinajstić information content (AvgIpc) is 2.97. The second-order valence-corrected chi connectivity index (χ2v) is 6.65. The molecule has 6 heteroatoms. The highest BCUT2D eigenvalue weighted by Crippen LogP contribution is 2.42. The first-order chi connectivity index (χ1) is 8.75. The van der Waals surface area contributed by atoms with E-state index in [0.29, 0.717) is 5.75 Å². The van der Waals surface area contributed by atoms with E-state index in [2.05, 4.69) is 27.0 Å². The lowest BCUT2D eigenvalue weighted by atomic mass is 10.2. The van der Waals surface area contributed by atoms with Crippen LogP contribution in [0.2, 0.25) is 0 Å². The lowest BCUT2D eigenvalue weighted by Crippen LogP contribution is -2.27. The predicted octanol–water partition coefficient (Wildman–Crippen LogP) is 3.68. The number of thiazole rings is 1. The van der Waals surface area contributed by atoms with Crippen LogP contribution in [0.15, 0.2) is 40.3 Å². The molecule has 3 rings (SSSR count). The van der Waals surface area contributed by atoms with E-state index in [1.165, 1.54) is 11.3 Å². The number of thioether (sulfide) groups is 1. The largest absolute Gasteiger partial charge is 0.273 e. The minimum absolute atomic E-state index is 0.0288. The van der Waals surface area contributed by atoms with Gasteiger partial charge in [-0.25, -0.2) is 4.98 Å². The normalized spacial score (nSPS) is 19.5. The van der Waals surface area contributed by atoms with Gasteiger partial charge in [0.15, 0.2) is 5.13 Å². The summed E-state index contributed by atoms with van der Waals surface area (Å²) >= 11 is 6.60. The SMILES string of the molecule is O=C1CS[C@@H](c2cccc(Br)c2)N1c1nccs1. The summed E-state index contributed by atoms with van der Waals surface area (Å²) in [5.41, 5.74) is 1.12. The molecule has 0 saturated carbocycles. The van der Waals surface area contributed by atoms with Gasteiger partial charge in [-0.2, -0.15) is 0 Å². The van der Waals surface area contributed by atoms with Gasteiger partial charge in [0.05, 0.1) is 5.75 Å². The number of nitrogens with zero attached hydrogens (tertiary/aromatic N) is 2. The van der Waals surface area contributed by atoms with Crippen LogP contribution < -0.4 is 4.90 Å². The summed E-state index contributed by atoms with van der Waals surface area (Å²) in [5, 5.41) is 2.69. The van der Waals surface area contributed by atoms with Crippen LogP contribution in [0.4, 0.5) is 5.13 Å². The Morgan fingerprint density at radius 2 is 2.33 bits per heavy atom. The van der Waals surface area contributed by atoms with Gasteiger partial charge in [0.25, 0.3) is 0 Å². The fourth-order valence-electron chi connectivity index (χ4n) is 1.87. The lowest BCUT2D eigenvalue weighted by Gasteiger charge is -2.21. The van der Waals surface area contributed by atoms with Crippen LogP contribution in [-0.2, 0) is 4.79 Å². The zero-order valence-electron chi connectivity index (χ0n) is 9.25. The number of carbonyl (C=O) groups is 1. The van der Waals surface area contributed by atoms with E-state index in [1.807, 2.05) is 23.6 Å². The summed E-state index contributed by atoms with van der Waals surface area (Å²) in [7, 11) is 0. The van der Waals surface area contributed by atoms with Gasteiger partial charge in [0.2, 0.25) is 5.91 Å². The number of aromatic nitrogens is 1. The van der Waals surface area contributed by atoms with Crippen molar-refractivity contribution in [1.82, 2.24) is 4.98 Å². The molecule has 0 unspecified atom stereocenters. The van der Waals surface area contributed by atoms with Gasteiger partial charge in [0.1, 0.15) is 5.37 Å². The van der Waals surface area contributed by atoms with Crippen molar-refractivity contribution in [2.45, 2.75) is 5.37 Å². The summed E-state index contributed by atoms with van der Waals surface area (Å²) in [6, 6.07) is 8.07. The molecule has 0 radical (unpaired) electrons. The molecule has 0 N–H and O–H groups in total. The number of anilines is 1. The van der Waals surface area contributed by atoms with Crippen LogP contribution in [0.5, 0.6) is 0 Å². The Balaban J connectivity index is 1.99. The second-order valence-electron chi connectivity index (χ2n) is 3.80. The molecule has 1 saturated heterocycles. The Kier molecular flexibility index (Phi) is 3.41. The van der Waals surface area contributed by atoms with Gasteiger partial charge >= 0.3 is 0 Å². The quantitative estimate of drug-likeness (QED) is 0.835. The van der Waals surface area contributed by atoms with Crippen molar-refractivity contribution in [3.63, 3.8) is 0 Å². The third-order valence-corrected chi connectivity index (χ3v) is 5.10. The number of rotatable bonds is 2. The fourth-order valence-corrected chi connectivity index (χ4v) is 4.19. The maximum Gasteiger partial charge on any atom is 0.240 e. The van der Waals surface area contributed by atoms with Crippen LogP contribution >= 0.6 is 39.0 Å². The Morgan fingerprint density at radius 1 is 1.44 bits per heavy atom. The zero-order chi connectivity index (χ0) is 12.5. The highest BCUT2D eigenvalue weighted by molar-refractivity contribution is 9.10. The molecular weight excluding hydrogens is 332 g/mol. The molecular formula is C12H9BrN2OS2. The molecule has 18 heavy (non-hydrogen) atoms. The molecule has 1 aromatic heterocycles. The second kappa shape index (κ2) is 5.03. The summed E-state index contributed by atoms with van der Waals surface area (Å²) in [5.74, 6) is 0.636. The standard InChI is InChI=1S/C12H9BrN2OS2/c13-9-3-1-2-8(6-9)11-15(10(16)7-18-11)12-14-4-5-17-12/h1-6,11H,7H2/t11-/m0/s1. The van der Waals surface area contributed by atoms with Gasteiger partial charge in [-0.3, -0.25) is 9.69 Å². The van der Waals surface area contributed by atoms with Gasteiger partial charge < -0.3 is 0 Å². The van der Waals surface area contributed by atoms with E-state index in [4.69, 9.17) is 0 Å². The zero-order valence-corrected chi connectivity index (χ0v) is 12.5. The monoisotopic (exact) mass is 340 g/mol. The Morgan fingerprint density at radius 3 is 3.06 bits per heavy atom. The molecule has 1 fully saturated rings. The number of halogens is 1. The Labute approximate surface area is 121 Å². The minimum atomic E-state index is 0.0288. The lowest BCUT2D eigenvalue weighted by molar-refractivity contribution is -0.115. The van der Waals surface area contributed by atoms with Crippen molar-refractivity contribution >= 4 is 50.1 Å². The molecule has 92 valence electrons. The molecule has 0 spiro atoms. The summed E-state index contributed by atoms with van der Waals surface area (Å²) in [6.07, 6.45) is 1.73. The van der Waals surface area contributed by atoms with E-state index in [-0.39, 0.29) is 11.3 Å². The third kappa shape index (κ3) is 2.20. The van der Waals surface area contributed by atoms with Crippen molar-refractivity contribution in [2.75, 3.05) is 10.7 Å². The summed E-state index contributed by atoms with van der Waals surface area (Å²) in [4.78, 5) is 18.0. The molecule has 2 heterocycles. The molecule has 2 aromatic rings. The van der Waals surface area contributed by atoms with E-state index < -0.39 is 0 Å². The van der Waals surface area contributed by atoms with Gasteiger partial charge in [-0.1, -0.05) is 28.1 Å². The fraction of sp³-hybridized carbons (Fsp3) is 0.167. The Hall–Kier alpha value is -0.850. The number of carbonyl (C=O) groups excluding carboxylic acids is 1. The number of hydrogen-bond donors (Lipinski definition) is 0. The summed E-state index contributed by atoms with van der Waals surface area (Å²) in [6.45, 7) is 0. The van der Waals surface area contributed by atoms with Gasteiger partial charge in [0, 0.05) is 16.0 Å². The van der Waals surface area contributed by atoms with E-state index >= 15 is 0 Å². The molecule has 1 aliphatic heterocycles. The molecule has 0 bridgehead atoms. The van der Waals surface area contributed by atoms with Crippen molar-refractivity contribution in [3.05, 3.63) is 45.9 Å². The minimum Gasteiger partial charge on any atom is -0.273 e. The first-order valence-electron chi connectivity index (χ1n) is 5.34. The number of hydrogen-bond acceptors (Lipinski definition) is 4. The number of benzene rings is 1. The topological polar surface area (TPSA) is 33.2 Å². The molecule has 1 amide bonds. The van der Waals surface area contributed by atoms with Crippen molar-refractivity contribution in [1.29, 1.82) is 0 Å². The highest BCUT2D eigenvalue weighted by Gasteiger charge is 2.35. The van der Waals surface area contributed by atoms with Crippen molar-refractivity contribution in [3.8, 4) is 0 Å². The average molecular weight is 341 g/mol. The maximum atomic E-state index is 12.0. The van der Waals surface area contributed by atoms with Crippen LogP contribution in [0.3, 0.4) is 0 Å². The van der Waals surface area contributed by atoms with E-state index in [0.717, 1.165) is 15.2 Å². The van der Waals surface area contributed by atoms with Gasteiger partial charge in [-0.15, -0.1) is 23.1 Å². The molecule has 1 aromatic carbocycles. The highest BCUT2D eigenvalue weighted by atomic mass is 79.9. The maximum absolute atomic E-state index is 12.0. The van der Waals surface area contributed by atoms with Gasteiger partial charge in [-0.05, 0) is 17.7 Å². The van der Waals surface area contributed by atoms with Crippen LogP contribution in [0, 0.1) is 0 Å². The van der Waals surface area contributed by atoms with Crippen molar-refractivity contribution in [2.24, 2.45) is 0 Å². The van der Waals surface area contributed by atoms with Crippen LogP contribution in [-0.4, -0.2) is 16.6 Å². The smallest absolute Gasteiger partial charge is 0.240 e. The van der Waals surface area contributed by atoms with Crippen LogP contribution in [0.1, 0.15) is 10.9 Å². The third-order valence-electron chi connectivity index (χ3n) is 2.63. The number of amides is 1. The molecule has 1 atom stereocenters. The van der Waals surface area contributed by atoms with Crippen LogP contribution in [0.25, 0.3) is 0 Å². The van der Waals surface area contributed by atoms with Crippen molar-refractivity contribution < 1.29 is 4.79 Å². The first-order valence-corrected chi connectivity index (χ1v) is 8.06. The first kappa shape index (κ1) is 12.2. The summed E-state index contributed by atoms with van der Waals surface area (Å²) < 4.78 is 1.03. The van der Waals surface area contributed by atoms with E-state index in [9.17, 15) is 4.79 Å². The van der Waals surface area contributed by atoms with E-state index in [1.54, 1.807) is 22.9 Å². The molecule has 1 aliphatic rings. The molecule has 0 aliphatic carbocycles. The molecule has 3 nitrogen and oxygen atoms in total. The predicted molar refractivity (Wildman–Crippen MR) is 78.9 cm³/mol.